The van der Waals surface area contributed by atoms with E-state index in [-0.39, 0.29) is 37.7 Å². The number of rotatable bonds is 4. The first-order valence-corrected chi connectivity index (χ1v) is 19.7. The van der Waals surface area contributed by atoms with Crippen LogP contribution in [-0.2, 0) is 18.9 Å². The Balaban J connectivity index is 0.000000219. The summed E-state index contributed by atoms with van der Waals surface area (Å²) < 4.78 is 19.8. The van der Waals surface area contributed by atoms with Gasteiger partial charge >= 0.3 is 37.7 Å². The monoisotopic (exact) mass is 730 g/mol. The van der Waals surface area contributed by atoms with Gasteiger partial charge in [-0.15, -0.1) is 16.3 Å². The van der Waals surface area contributed by atoms with Gasteiger partial charge in [-0.2, -0.15) is 0 Å². The van der Waals surface area contributed by atoms with Crippen LogP contribution in [0.5, 0.6) is 0 Å². The van der Waals surface area contributed by atoms with Gasteiger partial charge in [0.25, 0.3) is 0 Å². The van der Waals surface area contributed by atoms with E-state index in [0.717, 1.165) is 74.1 Å². The minimum atomic E-state index is -1.42. The van der Waals surface area contributed by atoms with Crippen molar-refractivity contribution in [2.45, 2.75) is 51.4 Å². The fourth-order valence-corrected chi connectivity index (χ4v) is 6.96. The third-order valence-corrected chi connectivity index (χ3v) is 10.3. The van der Waals surface area contributed by atoms with Crippen LogP contribution in [0.2, 0.25) is 0 Å². The molecule has 6 nitrogen and oxygen atoms in total. The second-order valence-corrected chi connectivity index (χ2v) is 14.5. The molecule has 0 aromatic heterocycles. The summed E-state index contributed by atoms with van der Waals surface area (Å²) in [6.07, 6.45) is 10.2. The normalized spacial score (nSPS) is 15.8. The molecule has 260 valence electrons. The van der Waals surface area contributed by atoms with Crippen molar-refractivity contribution in [2.75, 3.05) is 52.9 Å². The molecule has 4 saturated heterocycles. The zero-order valence-corrected chi connectivity index (χ0v) is 32.9. The molecule has 4 aromatic rings. The number of hydrogen-bond acceptors (Lipinski definition) is 6. The van der Waals surface area contributed by atoms with Crippen molar-refractivity contribution in [3.63, 3.8) is 0 Å². The van der Waals surface area contributed by atoms with Gasteiger partial charge in [-0.1, -0.05) is 121 Å². The predicted octanol–water partition coefficient (Wildman–Crippen LogP) is 5.60. The number of benzene rings is 4. The van der Waals surface area contributed by atoms with Gasteiger partial charge in [0.2, 0.25) is 0 Å². The molecule has 4 heterocycles. The molecule has 8 rings (SSSR count). The SMILES string of the molecule is C1CCOC1.C1CCOC1.C1CCOC1.C1CCOC1.[Ca+2].[O-]P(c1ccccc1)c1ccccc1.[O-]P(c1ccccc1)c1ccccc1. The van der Waals surface area contributed by atoms with E-state index < -0.39 is 16.3 Å². The van der Waals surface area contributed by atoms with E-state index >= 15 is 0 Å². The Labute approximate surface area is 327 Å². The number of hydrogen-bond donors (Lipinski definition) is 0. The van der Waals surface area contributed by atoms with Crippen molar-refractivity contribution in [1.29, 1.82) is 0 Å². The summed E-state index contributed by atoms with van der Waals surface area (Å²) in [5, 5.41) is 3.53. The Bertz CT molecular complexity index is 1030. The molecule has 0 amide bonds. The second-order valence-electron chi connectivity index (χ2n) is 11.2. The molecule has 0 unspecified atom stereocenters. The molecule has 4 aliphatic rings. The van der Waals surface area contributed by atoms with Crippen molar-refractivity contribution in [3.8, 4) is 0 Å². The summed E-state index contributed by atoms with van der Waals surface area (Å²) in [5.74, 6) is 0. The van der Waals surface area contributed by atoms with E-state index in [4.69, 9.17) is 18.9 Å². The van der Waals surface area contributed by atoms with E-state index in [1.54, 1.807) is 0 Å². The summed E-state index contributed by atoms with van der Waals surface area (Å²) >= 11 is 0. The van der Waals surface area contributed by atoms with Crippen molar-refractivity contribution in [3.05, 3.63) is 121 Å². The van der Waals surface area contributed by atoms with Crippen molar-refractivity contribution < 1.29 is 28.7 Å². The standard InChI is InChI=1S/2C12H10OP.4C4H8O.Ca/c2*13-14(11-7-3-1-4-8-11)12-9-5-2-6-10-12;4*1-2-4-5-3-1;/h2*1-10H;4*1-4H2;/q2*-1;;;;;+2. The van der Waals surface area contributed by atoms with Gasteiger partial charge in [0.15, 0.2) is 0 Å². The maximum Gasteiger partial charge on any atom is 2.00 e. The van der Waals surface area contributed by atoms with Crippen LogP contribution < -0.4 is 31.0 Å². The van der Waals surface area contributed by atoms with Crippen LogP contribution in [-0.4, -0.2) is 90.6 Å². The summed E-state index contributed by atoms with van der Waals surface area (Å²) in [5.41, 5.74) is 0. The van der Waals surface area contributed by atoms with Gasteiger partial charge in [0.05, 0.1) is 0 Å². The van der Waals surface area contributed by atoms with E-state index in [1.807, 2.05) is 121 Å². The largest absolute Gasteiger partial charge is 2.00 e. The quantitative estimate of drug-likeness (QED) is 0.201. The molecular formula is C40H52CaO6P2. The summed E-state index contributed by atoms with van der Waals surface area (Å²) in [6.45, 7) is 8.00. The molecule has 49 heavy (non-hydrogen) atoms. The molecule has 4 aliphatic heterocycles. The Morgan fingerprint density at radius 3 is 0.592 bits per heavy atom. The van der Waals surface area contributed by atoms with Gasteiger partial charge in [0, 0.05) is 52.9 Å². The molecule has 0 saturated carbocycles. The average molecular weight is 731 g/mol. The maximum atomic E-state index is 12.0. The predicted molar refractivity (Wildman–Crippen MR) is 204 cm³/mol. The molecule has 9 heteroatoms. The molecule has 0 aliphatic carbocycles. The van der Waals surface area contributed by atoms with Gasteiger partial charge < -0.3 is 28.7 Å². The molecule has 4 fully saturated rings. The van der Waals surface area contributed by atoms with Gasteiger partial charge in [-0.3, -0.25) is 0 Å². The molecule has 0 N–H and O–H groups in total. The molecule has 0 spiro atoms. The van der Waals surface area contributed by atoms with Gasteiger partial charge in [0.1, 0.15) is 0 Å². The van der Waals surface area contributed by atoms with E-state index in [0.29, 0.717) is 0 Å². The summed E-state index contributed by atoms with van der Waals surface area (Å²) in [7, 11) is -2.84. The third-order valence-electron chi connectivity index (χ3n) is 7.27. The van der Waals surface area contributed by atoms with Crippen molar-refractivity contribution in [2.24, 2.45) is 0 Å². The van der Waals surface area contributed by atoms with Crippen LogP contribution in [0, 0.1) is 0 Å². The van der Waals surface area contributed by atoms with Crippen LogP contribution in [0.4, 0.5) is 0 Å². The summed E-state index contributed by atoms with van der Waals surface area (Å²) in [6, 6.07) is 38.1. The minimum Gasteiger partial charge on any atom is -0.822 e. The fourth-order valence-electron chi connectivity index (χ4n) is 4.59. The Kier molecular flexibility index (Phi) is 27.2. The molecular weight excluding hydrogens is 678 g/mol. The van der Waals surface area contributed by atoms with E-state index in [9.17, 15) is 9.79 Å². The molecule has 0 atom stereocenters. The second kappa shape index (κ2) is 30.4. The first kappa shape index (κ1) is 43.9. The van der Waals surface area contributed by atoms with Crippen molar-refractivity contribution in [1.82, 2.24) is 0 Å². The summed E-state index contributed by atoms with van der Waals surface area (Å²) in [4.78, 5) is 24.0. The van der Waals surface area contributed by atoms with E-state index in [1.165, 1.54) is 51.4 Å². The molecule has 0 bridgehead atoms. The topological polar surface area (TPSA) is 83.0 Å². The van der Waals surface area contributed by atoms with E-state index in [2.05, 4.69) is 0 Å². The van der Waals surface area contributed by atoms with Crippen LogP contribution >= 0.6 is 16.3 Å². The van der Waals surface area contributed by atoms with Crippen LogP contribution in [0.3, 0.4) is 0 Å². The smallest absolute Gasteiger partial charge is 0.822 e. The number of ether oxygens (including phenoxy) is 4. The zero-order chi connectivity index (χ0) is 33.7. The average Bonchev–Trinajstić information content (AvgIpc) is 4.03. The van der Waals surface area contributed by atoms with Crippen LogP contribution in [0.15, 0.2) is 121 Å². The molecule has 4 aromatic carbocycles. The Morgan fingerprint density at radius 1 is 0.306 bits per heavy atom. The first-order chi connectivity index (χ1) is 23.8. The Hall–Kier alpha value is -1.24. The van der Waals surface area contributed by atoms with Crippen LogP contribution in [0.25, 0.3) is 0 Å². The first-order valence-electron chi connectivity index (χ1n) is 17.2. The fraction of sp³-hybridized carbons (Fsp3) is 0.400. The van der Waals surface area contributed by atoms with Crippen molar-refractivity contribution >= 4 is 75.3 Å². The van der Waals surface area contributed by atoms with Gasteiger partial charge in [-0.25, -0.2) is 0 Å². The maximum absolute atomic E-state index is 12.0. The third kappa shape index (κ3) is 21.0. The van der Waals surface area contributed by atoms with Crippen LogP contribution in [0.1, 0.15) is 51.4 Å². The minimum absolute atomic E-state index is 0. The zero-order valence-electron chi connectivity index (χ0n) is 28.9. The van der Waals surface area contributed by atoms with Gasteiger partial charge in [-0.05, 0) is 72.6 Å². The Morgan fingerprint density at radius 2 is 0.469 bits per heavy atom. The molecule has 0 radical (unpaired) electrons.